The molecule has 2 rings (SSSR count). The molecule has 1 N–H and O–H groups in total. The summed E-state index contributed by atoms with van der Waals surface area (Å²) < 4.78 is 6.48. The Balaban J connectivity index is 1.86. The number of amides is 2. The number of aromatic nitrogens is 2. The summed E-state index contributed by atoms with van der Waals surface area (Å²) in [6, 6.07) is 0.289. The van der Waals surface area contributed by atoms with Crippen LogP contribution in [0.25, 0.3) is 0 Å². The molecule has 1 aromatic heterocycles. The van der Waals surface area contributed by atoms with E-state index in [0.29, 0.717) is 19.1 Å². The largest absolute Gasteiger partial charge is 0.458 e. The zero-order valence-corrected chi connectivity index (χ0v) is 13.5. The maximum absolute atomic E-state index is 12.0. The van der Waals surface area contributed by atoms with Gasteiger partial charge in [-0.3, -0.25) is 0 Å². The van der Waals surface area contributed by atoms with Gasteiger partial charge in [0, 0.05) is 30.9 Å². The van der Waals surface area contributed by atoms with Gasteiger partial charge in [0.1, 0.15) is 6.10 Å². The first-order valence-corrected chi connectivity index (χ1v) is 7.34. The second-order valence-corrected chi connectivity index (χ2v) is 6.75. The van der Waals surface area contributed by atoms with Crippen molar-refractivity contribution in [2.24, 2.45) is 0 Å². The highest BCUT2D eigenvalue weighted by Gasteiger charge is 2.29. The molecular weight excluding hydrogens is 324 g/mol. The number of carbonyl (C=O) groups excluding carboxylic acids is 1. The van der Waals surface area contributed by atoms with Crippen molar-refractivity contribution in [3.8, 4) is 6.01 Å². The number of likely N-dealkylation sites (tertiary alicyclic amines) is 1. The first-order chi connectivity index (χ1) is 9.33. The first kappa shape index (κ1) is 15.0. The van der Waals surface area contributed by atoms with Crippen LogP contribution in [0.1, 0.15) is 27.2 Å². The predicted molar refractivity (Wildman–Crippen MR) is 78.6 cm³/mol. The third kappa shape index (κ3) is 4.33. The van der Waals surface area contributed by atoms with E-state index < -0.39 is 0 Å². The van der Waals surface area contributed by atoms with Crippen molar-refractivity contribution in [1.29, 1.82) is 0 Å². The molecule has 2 heterocycles. The minimum atomic E-state index is -0.231. The van der Waals surface area contributed by atoms with E-state index in [2.05, 4.69) is 31.2 Å². The molecule has 1 aliphatic rings. The Kier molecular flexibility index (Phi) is 4.47. The van der Waals surface area contributed by atoms with Crippen molar-refractivity contribution < 1.29 is 9.53 Å². The average Bonchev–Trinajstić information content (AvgIpc) is 2.79. The Labute approximate surface area is 127 Å². The standard InChI is InChI=1S/C13H19BrN4O2/c1-13(2,3)17-12(19)18-5-4-10(8-18)20-11-15-6-9(14)7-16-11/h6-7,10H,4-5,8H2,1-3H3,(H,17,19)/t10-/m0/s1. The van der Waals surface area contributed by atoms with Crippen LogP contribution in [-0.2, 0) is 0 Å². The number of ether oxygens (including phenoxy) is 1. The molecule has 1 aliphatic heterocycles. The molecule has 7 heteroatoms. The Morgan fingerprint density at radius 2 is 2.10 bits per heavy atom. The van der Waals surface area contributed by atoms with E-state index in [1.807, 2.05) is 20.8 Å². The molecule has 1 aromatic rings. The van der Waals surface area contributed by atoms with Crippen LogP contribution in [-0.4, -0.2) is 45.6 Å². The Bertz CT molecular complexity index is 472. The number of nitrogens with one attached hydrogen (secondary N) is 1. The van der Waals surface area contributed by atoms with Gasteiger partial charge in [-0.15, -0.1) is 0 Å². The summed E-state index contributed by atoms with van der Waals surface area (Å²) in [7, 11) is 0. The van der Waals surface area contributed by atoms with Gasteiger partial charge >= 0.3 is 12.0 Å². The molecule has 1 saturated heterocycles. The van der Waals surface area contributed by atoms with Gasteiger partial charge in [0.2, 0.25) is 0 Å². The first-order valence-electron chi connectivity index (χ1n) is 6.55. The van der Waals surface area contributed by atoms with Crippen LogP contribution in [0.4, 0.5) is 4.79 Å². The molecule has 2 amide bonds. The number of hydrogen-bond donors (Lipinski definition) is 1. The van der Waals surface area contributed by atoms with Crippen LogP contribution in [0.3, 0.4) is 0 Å². The van der Waals surface area contributed by atoms with Crippen molar-refractivity contribution in [3.05, 3.63) is 16.9 Å². The van der Waals surface area contributed by atoms with E-state index in [9.17, 15) is 4.79 Å². The van der Waals surface area contributed by atoms with E-state index in [4.69, 9.17) is 4.74 Å². The Morgan fingerprint density at radius 3 is 2.70 bits per heavy atom. The summed E-state index contributed by atoms with van der Waals surface area (Å²) >= 11 is 3.27. The zero-order valence-electron chi connectivity index (χ0n) is 11.9. The highest BCUT2D eigenvalue weighted by molar-refractivity contribution is 9.10. The number of rotatable bonds is 2. The second kappa shape index (κ2) is 5.95. The second-order valence-electron chi connectivity index (χ2n) is 5.84. The van der Waals surface area contributed by atoms with Gasteiger partial charge < -0.3 is 15.0 Å². The monoisotopic (exact) mass is 342 g/mol. The lowest BCUT2D eigenvalue weighted by atomic mass is 10.1. The number of halogens is 1. The number of carbonyl (C=O) groups is 1. The smallest absolute Gasteiger partial charge is 0.317 e. The van der Waals surface area contributed by atoms with Crippen molar-refractivity contribution in [2.75, 3.05) is 13.1 Å². The van der Waals surface area contributed by atoms with Crippen molar-refractivity contribution in [2.45, 2.75) is 38.8 Å². The van der Waals surface area contributed by atoms with Crippen LogP contribution in [0.15, 0.2) is 16.9 Å². The van der Waals surface area contributed by atoms with Gasteiger partial charge in [-0.1, -0.05) is 0 Å². The molecule has 0 unspecified atom stereocenters. The van der Waals surface area contributed by atoms with E-state index >= 15 is 0 Å². The fourth-order valence-electron chi connectivity index (χ4n) is 1.92. The molecule has 0 spiro atoms. The van der Waals surface area contributed by atoms with E-state index in [1.165, 1.54) is 0 Å². The van der Waals surface area contributed by atoms with Crippen molar-refractivity contribution in [3.63, 3.8) is 0 Å². The zero-order chi connectivity index (χ0) is 14.8. The summed E-state index contributed by atoms with van der Waals surface area (Å²) in [5, 5.41) is 2.95. The molecular formula is C13H19BrN4O2. The normalized spacial score (nSPS) is 19.0. The van der Waals surface area contributed by atoms with Gasteiger partial charge in [-0.05, 0) is 36.7 Å². The molecule has 6 nitrogen and oxygen atoms in total. The number of nitrogens with zero attached hydrogens (tertiary/aromatic N) is 3. The quantitative estimate of drug-likeness (QED) is 0.894. The lowest BCUT2D eigenvalue weighted by Crippen LogP contribution is -2.48. The van der Waals surface area contributed by atoms with Gasteiger partial charge in [0.25, 0.3) is 0 Å². The highest BCUT2D eigenvalue weighted by Crippen LogP contribution is 2.16. The lowest BCUT2D eigenvalue weighted by Gasteiger charge is -2.25. The van der Waals surface area contributed by atoms with E-state index in [-0.39, 0.29) is 17.7 Å². The molecule has 0 saturated carbocycles. The molecule has 1 fully saturated rings. The third-order valence-corrected chi connectivity index (χ3v) is 3.19. The summed E-state index contributed by atoms with van der Waals surface area (Å²) in [5.41, 5.74) is -0.231. The maximum atomic E-state index is 12.0. The molecule has 20 heavy (non-hydrogen) atoms. The van der Waals surface area contributed by atoms with Crippen LogP contribution in [0, 0.1) is 0 Å². The highest BCUT2D eigenvalue weighted by atomic mass is 79.9. The molecule has 1 atom stereocenters. The Hall–Kier alpha value is -1.37. The van der Waals surface area contributed by atoms with Crippen LogP contribution < -0.4 is 10.1 Å². The fraction of sp³-hybridized carbons (Fsp3) is 0.615. The van der Waals surface area contributed by atoms with E-state index in [1.54, 1.807) is 17.3 Å². The molecule has 0 bridgehead atoms. The summed E-state index contributed by atoms with van der Waals surface area (Å²) in [6.45, 7) is 7.13. The molecule has 110 valence electrons. The third-order valence-electron chi connectivity index (χ3n) is 2.78. The summed E-state index contributed by atoms with van der Waals surface area (Å²) in [6.07, 6.45) is 4.02. The van der Waals surface area contributed by atoms with Crippen LogP contribution >= 0.6 is 15.9 Å². The Morgan fingerprint density at radius 1 is 1.45 bits per heavy atom. The number of hydrogen-bond acceptors (Lipinski definition) is 4. The topological polar surface area (TPSA) is 67.4 Å². The van der Waals surface area contributed by atoms with E-state index in [0.717, 1.165) is 10.9 Å². The minimum Gasteiger partial charge on any atom is -0.458 e. The van der Waals surface area contributed by atoms with Gasteiger partial charge in [0.15, 0.2) is 0 Å². The number of urea groups is 1. The maximum Gasteiger partial charge on any atom is 0.317 e. The van der Waals surface area contributed by atoms with Crippen molar-refractivity contribution >= 4 is 22.0 Å². The average molecular weight is 343 g/mol. The molecule has 0 aromatic carbocycles. The minimum absolute atomic E-state index is 0.0538. The SMILES string of the molecule is CC(C)(C)NC(=O)N1CC[C@H](Oc2ncc(Br)cn2)C1. The predicted octanol–water partition coefficient (Wildman–Crippen LogP) is 2.20. The summed E-state index contributed by atoms with van der Waals surface area (Å²) in [5.74, 6) is 0. The van der Waals surface area contributed by atoms with Crippen molar-refractivity contribution in [1.82, 2.24) is 20.2 Å². The van der Waals surface area contributed by atoms with Gasteiger partial charge in [-0.25, -0.2) is 14.8 Å². The summed E-state index contributed by atoms with van der Waals surface area (Å²) in [4.78, 5) is 21.9. The van der Waals surface area contributed by atoms with Crippen LogP contribution in [0.5, 0.6) is 6.01 Å². The molecule has 0 aliphatic carbocycles. The van der Waals surface area contributed by atoms with Crippen LogP contribution in [0.2, 0.25) is 0 Å². The molecule has 0 radical (unpaired) electrons. The fourth-order valence-corrected chi connectivity index (χ4v) is 2.12. The van der Waals surface area contributed by atoms with Gasteiger partial charge in [0.05, 0.1) is 11.0 Å². The van der Waals surface area contributed by atoms with Gasteiger partial charge in [-0.2, -0.15) is 0 Å². The lowest BCUT2D eigenvalue weighted by molar-refractivity contribution is 0.174.